The van der Waals surface area contributed by atoms with Gasteiger partial charge in [0.05, 0.1) is 20.1 Å². The Hall–Kier alpha value is -1.71. The van der Waals surface area contributed by atoms with Gasteiger partial charge in [-0.05, 0) is 43.0 Å². The predicted molar refractivity (Wildman–Crippen MR) is 79.1 cm³/mol. The Kier molecular flexibility index (Phi) is 4.88. The van der Waals surface area contributed by atoms with Crippen LogP contribution in [0.15, 0.2) is 24.3 Å². The van der Waals surface area contributed by atoms with E-state index in [1.165, 1.54) is 12.8 Å². The maximum Gasteiger partial charge on any atom is 0.308 e. The van der Waals surface area contributed by atoms with Gasteiger partial charge in [0.25, 0.3) is 0 Å². The smallest absolute Gasteiger partial charge is 0.308 e. The maximum atomic E-state index is 11.5. The van der Waals surface area contributed by atoms with Crippen molar-refractivity contribution < 1.29 is 14.3 Å². The van der Waals surface area contributed by atoms with Crippen molar-refractivity contribution in [1.29, 1.82) is 0 Å². The lowest BCUT2D eigenvalue weighted by molar-refractivity contribution is -0.145. The van der Waals surface area contributed by atoms with E-state index in [0.29, 0.717) is 5.92 Å². The first kappa shape index (κ1) is 14.7. The van der Waals surface area contributed by atoms with E-state index in [1.54, 1.807) is 7.11 Å². The number of nitrogens with zero attached hydrogens (tertiary/aromatic N) is 1. The summed E-state index contributed by atoms with van der Waals surface area (Å²) in [6.07, 6.45) is 2.03. The summed E-state index contributed by atoms with van der Waals surface area (Å²) in [5, 5.41) is 0. The van der Waals surface area contributed by atoms with Crippen LogP contribution in [0.5, 0.6) is 5.75 Å². The van der Waals surface area contributed by atoms with Crippen molar-refractivity contribution in [2.24, 2.45) is 11.8 Å². The molecule has 4 nitrogen and oxygen atoms in total. The van der Waals surface area contributed by atoms with Crippen molar-refractivity contribution in [1.82, 2.24) is 0 Å². The van der Waals surface area contributed by atoms with E-state index in [4.69, 9.17) is 9.47 Å². The molecule has 1 aliphatic heterocycles. The Morgan fingerprint density at radius 2 is 2.05 bits per heavy atom. The van der Waals surface area contributed by atoms with Crippen molar-refractivity contribution in [3.8, 4) is 5.75 Å². The number of carbonyl (C=O) groups excluding carboxylic acids is 1. The van der Waals surface area contributed by atoms with Crippen LogP contribution in [-0.2, 0) is 9.53 Å². The lowest BCUT2D eigenvalue weighted by atomic mass is 9.95. The third kappa shape index (κ3) is 3.44. The summed E-state index contributed by atoms with van der Waals surface area (Å²) in [6, 6.07) is 8.15. The highest BCUT2D eigenvalue weighted by Gasteiger charge is 2.26. The SMILES string of the molecule is COC(=O)C(C)CC1CCN(c2ccc(OC)cc2)C1. The molecule has 0 aromatic heterocycles. The molecule has 4 heteroatoms. The molecule has 0 bridgehead atoms. The highest BCUT2D eigenvalue weighted by atomic mass is 16.5. The lowest BCUT2D eigenvalue weighted by Crippen LogP contribution is -2.22. The van der Waals surface area contributed by atoms with E-state index in [1.807, 2.05) is 19.1 Å². The summed E-state index contributed by atoms with van der Waals surface area (Å²) in [5.74, 6) is 1.32. The number of ether oxygens (including phenoxy) is 2. The Morgan fingerprint density at radius 3 is 2.65 bits per heavy atom. The van der Waals surface area contributed by atoms with Gasteiger partial charge < -0.3 is 14.4 Å². The molecule has 20 heavy (non-hydrogen) atoms. The molecule has 110 valence electrons. The molecule has 1 saturated heterocycles. The van der Waals surface area contributed by atoms with Crippen molar-refractivity contribution in [3.05, 3.63) is 24.3 Å². The first-order valence-electron chi connectivity index (χ1n) is 7.11. The van der Waals surface area contributed by atoms with Crippen LogP contribution in [-0.4, -0.2) is 33.3 Å². The van der Waals surface area contributed by atoms with E-state index in [2.05, 4.69) is 17.0 Å². The van der Waals surface area contributed by atoms with Crippen LogP contribution in [0.2, 0.25) is 0 Å². The second-order valence-corrected chi connectivity index (χ2v) is 5.46. The molecule has 0 amide bonds. The van der Waals surface area contributed by atoms with Gasteiger partial charge >= 0.3 is 5.97 Å². The molecule has 2 unspecified atom stereocenters. The zero-order valence-electron chi connectivity index (χ0n) is 12.5. The summed E-state index contributed by atoms with van der Waals surface area (Å²) in [4.78, 5) is 13.8. The molecule has 1 heterocycles. The first-order chi connectivity index (χ1) is 9.63. The molecule has 2 atom stereocenters. The number of carbonyl (C=O) groups is 1. The predicted octanol–water partition coefficient (Wildman–Crippen LogP) is 2.72. The van der Waals surface area contributed by atoms with Gasteiger partial charge in [-0.2, -0.15) is 0 Å². The normalized spacial score (nSPS) is 19.8. The molecule has 0 radical (unpaired) electrons. The fourth-order valence-corrected chi connectivity index (χ4v) is 2.85. The van der Waals surface area contributed by atoms with Gasteiger partial charge in [-0.15, -0.1) is 0 Å². The van der Waals surface area contributed by atoms with E-state index < -0.39 is 0 Å². The number of hydrogen-bond donors (Lipinski definition) is 0. The summed E-state index contributed by atoms with van der Waals surface area (Å²) < 4.78 is 9.97. The van der Waals surface area contributed by atoms with Gasteiger partial charge in [-0.3, -0.25) is 4.79 Å². The lowest BCUT2D eigenvalue weighted by Gasteiger charge is -2.20. The summed E-state index contributed by atoms with van der Waals surface area (Å²) in [6.45, 7) is 4.00. The van der Waals surface area contributed by atoms with Gasteiger partial charge in [0.1, 0.15) is 5.75 Å². The zero-order valence-corrected chi connectivity index (χ0v) is 12.5. The van der Waals surface area contributed by atoms with E-state index >= 15 is 0 Å². The number of esters is 1. The molecule has 1 fully saturated rings. The minimum atomic E-state index is -0.104. The van der Waals surface area contributed by atoms with Crippen LogP contribution in [0.1, 0.15) is 19.8 Å². The summed E-state index contributed by atoms with van der Waals surface area (Å²) in [5.41, 5.74) is 1.22. The van der Waals surface area contributed by atoms with Gasteiger partial charge in [0.2, 0.25) is 0 Å². The topological polar surface area (TPSA) is 38.8 Å². The van der Waals surface area contributed by atoms with Crippen LogP contribution in [0, 0.1) is 11.8 Å². The zero-order chi connectivity index (χ0) is 14.5. The molecule has 0 N–H and O–H groups in total. The van der Waals surface area contributed by atoms with E-state index in [9.17, 15) is 4.79 Å². The molecular weight excluding hydrogens is 254 g/mol. The summed E-state index contributed by atoms with van der Waals surface area (Å²) >= 11 is 0. The van der Waals surface area contributed by atoms with E-state index in [0.717, 1.165) is 31.7 Å². The second-order valence-electron chi connectivity index (χ2n) is 5.46. The Labute approximate surface area is 120 Å². The average molecular weight is 277 g/mol. The minimum Gasteiger partial charge on any atom is -0.497 e. The fourth-order valence-electron chi connectivity index (χ4n) is 2.85. The molecule has 0 saturated carbocycles. The second kappa shape index (κ2) is 6.64. The van der Waals surface area contributed by atoms with Crippen LogP contribution in [0.4, 0.5) is 5.69 Å². The van der Waals surface area contributed by atoms with Gasteiger partial charge in [-0.25, -0.2) is 0 Å². The monoisotopic (exact) mass is 277 g/mol. The van der Waals surface area contributed by atoms with Gasteiger partial charge in [0.15, 0.2) is 0 Å². The largest absolute Gasteiger partial charge is 0.497 e. The highest BCUT2D eigenvalue weighted by molar-refractivity contribution is 5.71. The number of anilines is 1. The third-order valence-corrected chi connectivity index (χ3v) is 4.01. The van der Waals surface area contributed by atoms with Crippen LogP contribution in [0.3, 0.4) is 0 Å². The number of benzene rings is 1. The van der Waals surface area contributed by atoms with Gasteiger partial charge in [-0.1, -0.05) is 6.92 Å². The Morgan fingerprint density at radius 1 is 1.35 bits per heavy atom. The van der Waals surface area contributed by atoms with Gasteiger partial charge in [0, 0.05) is 18.8 Å². The van der Waals surface area contributed by atoms with Crippen LogP contribution in [0.25, 0.3) is 0 Å². The van der Waals surface area contributed by atoms with Crippen LogP contribution >= 0.6 is 0 Å². The van der Waals surface area contributed by atoms with Crippen molar-refractivity contribution in [3.63, 3.8) is 0 Å². The molecular formula is C16H23NO3. The minimum absolute atomic E-state index is 0.0131. The van der Waals surface area contributed by atoms with Crippen molar-refractivity contribution in [2.75, 3.05) is 32.2 Å². The fraction of sp³-hybridized carbons (Fsp3) is 0.562. The molecule has 1 aromatic carbocycles. The molecule has 0 aliphatic carbocycles. The van der Waals surface area contributed by atoms with E-state index in [-0.39, 0.29) is 11.9 Å². The molecule has 2 rings (SSSR count). The summed E-state index contributed by atoms with van der Waals surface area (Å²) in [7, 11) is 3.13. The quantitative estimate of drug-likeness (QED) is 0.776. The average Bonchev–Trinajstić information content (AvgIpc) is 2.94. The maximum absolute atomic E-state index is 11.5. The number of methoxy groups -OCH3 is 2. The Balaban J connectivity index is 1.89. The standard InChI is InChI=1S/C16H23NO3/c1-12(16(18)20-3)10-13-8-9-17(11-13)14-4-6-15(19-2)7-5-14/h4-7,12-13H,8-11H2,1-3H3. The number of rotatable bonds is 5. The van der Waals surface area contributed by atoms with Crippen molar-refractivity contribution >= 4 is 11.7 Å². The highest BCUT2D eigenvalue weighted by Crippen LogP contribution is 2.29. The molecule has 1 aliphatic rings. The van der Waals surface area contributed by atoms with Crippen LogP contribution < -0.4 is 9.64 Å². The van der Waals surface area contributed by atoms with Crippen molar-refractivity contribution in [2.45, 2.75) is 19.8 Å². The Bertz CT molecular complexity index is 444. The third-order valence-electron chi connectivity index (χ3n) is 4.01. The number of hydrogen-bond acceptors (Lipinski definition) is 4. The first-order valence-corrected chi connectivity index (χ1v) is 7.11. The molecule has 1 aromatic rings. The molecule has 0 spiro atoms.